The summed E-state index contributed by atoms with van der Waals surface area (Å²) in [4.78, 5) is 11.8. The second-order valence-corrected chi connectivity index (χ2v) is 6.34. The number of amides is 1. The quantitative estimate of drug-likeness (QED) is 0.776. The van der Waals surface area contributed by atoms with Crippen molar-refractivity contribution >= 4 is 27.7 Å². The molecule has 3 heteroatoms. The molecule has 2 N–H and O–H groups in total. The number of rotatable bonds is 3. The SMILES string of the molecule is NC(=O)c1cccc2c1c1ccccc1n2CC1CCCC1. The summed E-state index contributed by atoms with van der Waals surface area (Å²) < 4.78 is 2.38. The van der Waals surface area contributed by atoms with E-state index >= 15 is 0 Å². The van der Waals surface area contributed by atoms with Gasteiger partial charge in [0.25, 0.3) is 0 Å². The molecule has 1 aromatic heterocycles. The fraction of sp³-hybridized carbons (Fsp3) is 0.316. The van der Waals surface area contributed by atoms with Gasteiger partial charge in [0.15, 0.2) is 0 Å². The minimum atomic E-state index is -0.352. The van der Waals surface area contributed by atoms with Gasteiger partial charge in [-0.1, -0.05) is 37.1 Å². The number of benzene rings is 2. The second kappa shape index (κ2) is 5.16. The van der Waals surface area contributed by atoms with E-state index in [1.807, 2.05) is 18.2 Å². The van der Waals surface area contributed by atoms with Gasteiger partial charge in [0.05, 0.1) is 0 Å². The summed E-state index contributed by atoms with van der Waals surface area (Å²) >= 11 is 0. The van der Waals surface area contributed by atoms with Gasteiger partial charge in [-0.05, 0) is 37.0 Å². The van der Waals surface area contributed by atoms with E-state index in [-0.39, 0.29) is 5.91 Å². The topological polar surface area (TPSA) is 48.0 Å². The number of nitrogens with two attached hydrogens (primary N) is 1. The van der Waals surface area contributed by atoms with Crippen molar-refractivity contribution in [2.75, 3.05) is 0 Å². The lowest BCUT2D eigenvalue weighted by molar-refractivity contribution is 0.100. The van der Waals surface area contributed by atoms with Crippen LogP contribution in [0.1, 0.15) is 36.0 Å². The lowest BCUT2D eigenvalue weighted by Crippen LogP contribution is -2.11. The van der Waals surface area contributed by atoms with Crippen molar-refractivity contribution in [3.05, 3.63) is 48.0 Å². The molecule has 22 heavy (non-hydrogen) atoms. The third kappa shape index (κ3) is 2.00. The van der Waals surface area contributed by atoms with Gasteiger partial charge >= 0.3 is 0 Å². The van der Waals surface area contributed by atoms with E-state index in [1.165, 1.54) is 31.2 Å². The number of carbonyl (C=O) groups is 1. The number of aromatic nitrogens is 1. The Morgan fingerprint density at radius 2 is 1.77 bits per heavy atom. The first kappa shape index (κ1) is 13.4. The van der Waals surface area contributed by atoms with Crippen LogP contribution in [0.25, 0.3) is 21.8 Å². The van der Waals surface area contributed by atoms with Crippen LogP contribution in [0.5, 0.6) is 0 Å². The number of para-hydroxylation sites is 1. The van der Waals surface area contributed by atoms with E-state index in [9.17, 15) is 4.79 Å². The van der Waals surface area contributed by atoms with Crippen LogP contribution < -0.4 is 5.73 Å². The summed E-state index contributed by atoms with van der Waals surface area (Å²) in [7, 11) is 0. The molecule has 1 amide bonds. The number of fused-ring (bicyclic) bond motifs is 3. The molecule has 0 atom stereocenters. The Bertz CT molecular complexity index is 856. The monoisotopic (exact) mass is 292 g/mol. The van der Waals surface area contributed by atoms with Crippen LogP contribution in [0.4, 0.5) is 0 Å². The van der Waals surface area contributed by atoms with Gasteiger partial charge in [-0.3, -0.25) is 4.79 Å². The average molecular weight is 292 g/mol. The highest BCUT2D eigenvalue weighted by Gasteiger charge is 2.20. The summed E-state index contributed by atoms with van der Waals surface area (Å²) in [5.74, 6) is 0.394. The number of hydrogen-bond donors (Lipinski definition) is 1. The van der Waals surface area contributed by atoms with Crippen LogP contribution in [0, 0.1) is 5.92 Å². The van der Waals surface area contributed by atoms with Crippen molar-refractivity contribution in [1.29, 1.82) is 0 Å². The number of nitrogens with zero attached hydrogens (tertiary/aromatic N) is 1. The highest BCUT2D eigenvalue weighted by Crippen LogP contribution is 2.34. The predicted octanol–water partition coefficient (Wildman–Crippen LogP) is 4.08. The molecule has 3 nitrogen and oxygen atoms in total. The molecule has 0 unspecified atom stereocenters. The Balaban J connectivity index is 2.00. The van der Waals surface area contributed by atoms with Gasteiger partial charge in [-0.2, -0.15) is 0 Å². The summed E-state index contributed by atoms with van der Waals surface area (Å²) in [5.41, 5.74) is 8.56. The maximum Gasteiger partial charge on any atom is 0.249 e. The summed E-state index contributed by atoms with van der Waals surface area (Å²) in [6.45, 7) is 1.03. The zero-order valence-electron chi connectivity index (χ0n) is 12.6. The van der Waals surface area contributed by atoms with Crippen molar-refractivity contribution in [2.24, 2.45) is 11.7 Å². The number of hydrogen-bond acceptors (Lipinski definition) is 1. The molecule has 0 saturated heterocycles. The molecule has 4 rings (SSSR count). The first-order chi connectivity index (χ1) is 10.8. The van der Waals surface area contributed by atoms with Gasteiger partial charge in [-0.15, -0.1) is 0 Å². The van der Waals surface area contributed by atoms with Crippen molar-refractivity contribution in [1.82, 2.24) is 4.57 Å². The first-order valence-electron chi connectivity index (χ1n) is 8.05. The lowest BCUT2D eigenvalue weighted by atomic mass is 10.1. The zero-order valence-corrected chi connectivity index (χ0v) is 12.6. The highest BCUT2D eigenvalue weighted by atomic mass is 16.1. The third-order valence-electron chi connectivity index (χ3n) is 4.98. The van der Waals surface area contributed by atoms with E-state index in [2.05, 4.69) is 28.8 Å². The molecule has 112 valence electrons. The van der Waals surface area contributed by atoms with Gasteiger partial charge < -0.3 is 10.3 Å². The van der Waals surface area contributed by atoms with Crippen molar-refractivity contribution in [3.63, 3.8) is 0 Å². The predicted molar refractivity (Wildman–Crippen MR) is 89.9 cm³/mol. The maximum atomic E-state index is 11.8. The Morgan fingerprint density at radius 1 is 1.05 bits per heavy atom. The van der Waals surface area contributed by atoms with Gasteiger partial charge in [0.2, 0.25) is 5.91 Å². The zero-order chi connectivity index (χ0) is 15.1. The fourth-order valence-electron chi connectivity index (χ4n) is 3.95. The maximum absolute atomic E-state index is 11.8. The first-order valence-corrected chi connectivity index (χ1v) is 8.05. The van der Waals surface area contributed by atoms with Gasteiger partial charge in [-0.25, -0.2) is 0 Å². The molecular formula is C19H20N2O. The molecule has 2 aromatic carbocycles. The standard InChI is InChI=1S/C19H20N2O/c20-19(22)15-9-5-11-17-18(15)14-8-3-4-10-16(14)21(17)12-13-6-1-2-7-13/h3-5,8-11,13H,1-2,6-7,12H2,(H2,20,22). The van der Waals surface area contributed by atoms with Gasteiger partial charge in [0.1, 0.15) is 0 Å². The molecule has 1 aliphatic rings. The number of primary amides is 1. The molecule has 0 radical (unpaired) electrons. The van der Waals surface area contributed by atoms with Gasteiger partial charge in [0, 0.05) is 33.9 Å². The minimum Gasteiger partial charge on any atom is -0.366 e. The van der Waals surface area contributed by atoms with Crippen molar-refractivity contribution < 1.29 is 4.79 Å². The smallest absolute Gasteiger partial charge is 0.249 e. The van der Waals surface area contributed by atoms with Crippen molar-refractivity contribution in [2.45, 2.75) is 32.2 Å². The lowest BCUT2D eigenvalue weighted by Gasteiger charge is -2.13. The van der Waals surface area contributed by atoms with Crippen LogP contribution in [-0.4, -0.2) is 10.5 Å². The Kier molecular flexibility index (Phi) is 3.14. The molecule has 1 heterocycles. The molecule has 3 aromatic rings. The average Bonchev–Trinajstić information content (AvgIpc) is 3.15. The summed E-state index contributed by atoms with van der Waals surface area (Å²) in [6.07, 6.45) is 5.30. The molecule has 0 spiro atoms. The Morgan fingerprint density at radius 3 is 2.55 bits per heavy atom. The highest BCUT2D eigenvalue weighted by molar-refractivity contribution is 6.17. The molecule has 1 saturated carbocycles. The fourth-order valence-corrected chi connectivity index (χ4v) is 3.95. The molecular weight excluding hydrogens is 272 g/mol. The largest absolute Gasteiger partial charge is 0.366 e. The van der Waals surface area contributed by atoms with E-state index in [0.717, 1.165) is 28.8 Å². The van der Waals surface area contributed by atoms with Crippen LogP contribution in [-0.2, 0) is 6.54 Å². The van der Waals surface area contributed by atoms with Crippen molar-refractivity contribution in [3.8, 4) is 0 Å². The third-order valence-corrected chi connectivity index (χ3v) is 4.98. The van der Waals surface area contributed by atoms with Crippen LogP contribution in [0.3, 0.4) is 0 Å². The minimum absolute atomic E-state index is 0.352. The van der Waals surface area contributed by atoms with E-state index in [1.54, 1.807) is 0 Å². The molecule has 1 aliphatic carbocycles. The van der Waals surface area contributed by atoms with Crippen LogP contribution in [0.15, 0.2) is 42.5 Å². The van der Waals surface area contributed by atoms with E-state index in [0.29, 0.717) is 5.56 Å². The molecule has 0 aliphatic heterocycles. The van der Waals surface area contributed by atoms with Crippen LogP contribution in [0.2, 0.25) is 0 Å². The normalized spacial score (nSPS) is 15.8. The number of carbonyl (C=O) groups excluding carboxylic acids is 1. The van der Waals surface area contributed by atoms with E-state index < -0.39 is 0 Å². The Hall–Kier alpha value is -2.29. The summed E-state index contributed by atoms with van der Waals surface area (Å²) in [6, 6.07) is 14.2. The summed E-state index contributed by atoms with van der Waals surface area (Å²) in [5, 5.41) is 2.13. The molecule has 0 bridgehead atoms. The van der Waals surface area contributed by atoms with E-state index in [4.69, 9.17) is 5.73 Å². The molecule has 1 fully saturated rings. The Labute approximate surface area is 129 Å². The van der Waals surface area contributed by atoms with Crippen LogP contribution >= 0.6 is 0 Å². The second-order valence-electron chi connectivity index (χ2n) is 6.34.